The minimum atomic E-state index is -4.71. The van der Waals surface area contributed by atoms with Crippen LogP contribution in [0.2, 0.25) is 0 Å². The zero-order chi connectivity index (χ0) is 21.2. The van der Waals surface area contributed by atoms with Gasteiger partial charge in [0.15, 0.2) is 11.8 Å². The summed E-state index contributed by atoms with van der Waals surface area (Å²) in [5.41, 5.74) is -1.25. The molecule has 0 bridgehead atoms. The summed E-state index contributed by atoms with van der Waals surface area (Å²) < 4.78 is 67.8. The summed E-state index contributed by atoms with van der Waals surface area (Å²) in [5.74, 6) is -0.823. The number of ether oxygens (including phenoxy) is 3. The standard InChI is InChI=1S/C17H15BrF4N2O5/c18-9-2-1-8(3-10(9)19)27-6-11-15(25)16(26)12(7-28-11)29-14-5-23-4-13(24-14)17(20,21)22/h1-5,11-12,15-16,25-26H,6-7H2/t11-,12+,15+,16-/m1/s1. The number of benzene rings is 1. The molecule has 1 aliphatic heterocycles. The van der Waals surface area contributed by atoms with E-state index in [4.69, 9.17) is 14.2 Å². The monoisotopic (exact) mass is 482 g/mol. The Kier molecular flexibility index (Phi) is 6.56. The third-order valence-corrected chi connectivity index (χ3v) is 4.71. The van der Waals surface area contributed by atoms with Crippen molar-refractivity contribution in [3.8, 4) is 11.6 Å². The lowest BCUT2D eigenvalue weighted by molar-refractivity contribution is -0.187. The lowest BCUT2D eigenvalue weighted by atomic mass is 10.0. The molecule has 0 aliphatic carbocycles. The molecule has 1 aromatic carbocycles. The number of halogens is 5. The Morgan fingerprint density at radius 2 is 1.97 bits per heavy atom. The minimum Gasteiger partial charge on any atom is -0.491 e. The van der Waals surface area contributed by atoms with Gasteiger partial charge < -0.3 is 24.4 Å². The summed E-state index contributed by atoms with van der Waals surface area (Å²) in [7, 11) is 0. The summed E-state index contributed by atoms with van der Waals surface area (Å²) in [6, 6.07) is 4.07. The third kappa shape index (κ3) is 5.32. The van der Waals surface area contributed by atoms with Crippen LogP contribution in [0.25, 0.3) is 0 Å². The molecular weight excluding hydrogens is 468 g/mol. The highest BCUT2D eigenvalue weighted by atomic mass is 79.9. The zero-order valence-electron chi connectivity index (χ0n) is 14.5. The van der Waals surface area contributed by atoms with E-state index < -0.39 is 48.0 Å². The van der Waals surface area contributed by atoms with E-state index in [-0.39, 0.29) is 23.4 Å². The Morgan fingerprint density at radius 1 is 1.21 bits per heavy atom. The van der Waals surface area contributed by atoms with Crippen molar-refractivity contribution in [3.05, 3.63) is 46.6 Å². The highest BCUT2D eigenvalue weighted by Crippen LogP contribution is 2.29. The summed E-state index contributed by atoms with van der Waals surface area (Å²) in [6.45, 7) is -0.450. The second-order valence-electron chi connectivity index (χ2n) is 6.14. The normalized spacial score (nSPS) is 24.9. The molecule has 1 fully saturated rings. The third-order valence-electron chi connectivity index (χ3n) is 4.07. The van der Waals surface area contributed by atoms with Crippen molar-refractivity contribution in [2.24, 2.45) is 0 Å². The largest absolute Gasteiger partial charge is 0.491 e. The van der Waals surface area contributed by atoms with Gasteiger partial charge in [0.05, 0.1) is 23.5 Å². The first-order valence-corrected chi connectivity index (χ1v) is 9.06. The van der Waals surface area contributed by atoms with Crippen LogP contribution >= 0.6 is 15.9 Å². The molecule has 0 radical (unpaired) electrons. The van der Waals surface area contributed by atoms with Gasteiger partial charge in [-0.05, 0) is 28.1 Å². The van der Waals surface area contributed by atoms with Gasteiger partial charge in [-0.15, -0.1) is 0 Å². The molecule has 158 valence electrons. The van der Waals surface area contributed by atoms with Crippen LogP contribution in [0.15, 0.2) is 35.1 Å². The highest BCUT2D eigenvalue weighted by Gasteiger charge is 2.41. The molecule has 2 N–H and O–H groups in total. The molecule has 0 spiro atoms. The molecule has 0 amide bonds. The van der Waals surface area contributed by atoms with Crippen molar-refractivity contribution < 1.29 is 42.0 Å². The van der Waals surface area contributed by atoms with Gasteiger partial charge in [-0.2, -0.15) is 13.2 Å². The van der Waals surface area contributed by atoms with E-state index in [9.17, 15) is 27.8 Å². The van der Waals surface area contributed by atoms with E-state index in [2.05, 4.69) is 25.9 Å². The number of hydrogen-bond acceptors (Lipinski definition) is 7. The SMILES string of the molecule is O[C@@H]1[C@H](O)[C@@H](Oc2cncc(C(F)(F)F)n2)CO[C@@H]1COc1ccc(Br)c(F)c1. The lowest BCUT2D eigenvalue weighted by Gasteiger charge is -2.37. The van der Waals surface area contributed by atoms with Crippen molar-refractivity contribution in [1.82, 2.24) is 9.97 Å². The van der Waals surface area contributed by atoms with Crippen LogP contribution in [0.3, 0.4) is 0 Å². The van der Waals surface area contributed by atoms with Crippen LogP contribution in [-0.4, -0.2) is 57.8 Å². The van der Waals surface area contributed by atoms with Gasteiger partial charge in [-0.25, -0.2) is 9.37 Å². The maximum absolute atomic E-state index is 13.5. The molecule has 2 aromatic rings. The topological polar surface area (TPSA) is 93.9 Å². The summed E-state index contributed by atoms with van der Waals surface area (Å²) in [4.78, 5) is 6.69. The maximum Gasteiger partial charge on any atom is 0.435 e. The van der Waals surface area contributed by atoms with E-state index >= 15 is 0 Å². The molecule has 1 saturated heterocycles. The van der Waals surface area contributed by atoms with Gasteiger partial charge in [0.1, 0.15) is 36.5 Å². The summed E-state index contributed by atoms with van der Waals surface area (Å²) in [6.07, 6.45) is -8.32. The van der Waals surface area contributed by atoms with Crippen LogP contribution in [0.5, 0.6) is 11.6 Å². The average Bonchev–Trinajstić information content (AvgIpc) is 2.67. The van der Waals surface area contributed by atoms with Crippen LogP contribution in [-0.2, 0) is 10.9 Å². The van der Waals surface area contributed by atoms with E-state index in [1.807, 2.05) is 0 Å². The lowest BCUT2D eigenvalue weighted by Crippen LogP contribution is -2.56. The Bertz CT molecular complexity index is 857. The Balaban J connectivity index is 1.59. The summed E-state index contributed by atoms with van der Waals surface area (Å²) >= 11 is 3.01. The molecule has 4 atom stereocenters. The molecule has 12 heteroatoms. The van der Waals surface area contributed by atoms with Gasteiger partial charge in [0.25, 0.3) is 0 Å². The van der Waals surface area contributed by atoms with E-state index in [0.717, 1.165) is 12.3 Å². The van der Waals surface area contributed by atoms with Crippen molar-refractivity contribution in [3.63, 3.8) is 0 Å². The number of aliphatic hydroxyl groups is 2. The van der Waals surface area contributed by atoms with Crippen LogP contribution in [0.4, 0.5) is 17.6 Å². The first-order chi connectivity index (χ1) is 13.6. The highest BCUT2D eigenvalue weighted by molar-refractivity contribution is 9.10. The molecule has 7 nitrogen and oxygen atoms in total. The predicted molar refractivity (Wildman–Crippen MR) is 92.8 cm³/mol. The average molecular weight is 483 g/mol. The summed E-state index contributed by atoms with van der Waals surface area (Å²) in [5, 5.41) is 20.4. The van der Waals surface area contributed by atoms with Gasteiger partial charge in [-0.3, -0.25) is 4.98 Å². The fraction of sp³-hybridized carbons (Fsp3) is 0.412. The van der Waals surface area contributed by atoms with Crippen molar-refractivity contribution in [2.75, 3.05) is 13.2 Å². The van der Waals surface area contributed by atoms with Crippen molar-refractivity contribution >= 4 is 15.9 Å². The Morgan fingerprint density at radius 3 is 2.66 bits per heavy atom. The predicted octanol–water partition coefficient (Wildman–Crippen LogP) is 2.34. The number of hydrogen-bond donors (Lipinski definition) is 2. The molecule has 1 aliphatic rings. The fourth-order valence-corrected chi connectivity index (χ4v) is 2.79. The minimum absolute atomic E-state index is 0.189. The van der Waals surface area contributed by atoms with Crippen LogP contribution in [0.1, 0.15) is 5.69 Å². The molecule has 2 heterocycles. The number of rotatable bonds is 5. The molecular formula is C17H15BrF4N2O5. The second-order valence-corrected chi connectivity index (χ2v) is 6.99. The van der Waals surface area contributed by atoms with Gasteiger partial charge in [0, 0.05) is 6.07 Å². The first kappa shape index (κ1) is 21.7. The van der Waals surface area contributed by atoms with Gasteiger partial charge >= 0.3 is 6.18 Å². The van der Waals surface area contributed by atoms with E-state index in [1.54, 1.807) is 0 Å². The molecule has 0 saturated carbocycles. The number of alkyl halides is 3. The number of nitrogens with zero attached hydrogens (tertiary/aromatic N) is 2. The molecule has 1 aromatic heterocycles. The Labute approximate surface area is 170 Å². The molecule has 0 unspecified atom stereocenters. The van der Waals surface area contributed by atoms with Crippen LogP contribution < -0.4 is 9.47 Å². The van der Waals surface area contributed by atoms with E-state index in [1.165, 1.54) is 12.1 Å². The first-order valence-electron chi connectivity index (χ1n) is 8.26. The van der Waals surface area contributed by atoms with Crippen LogP contribution in [0, 0.1) is 5.82 Å². The molecule has 29 heavy (non-hydrogen) atoms. The zero-order valence-corrected chi connectivity index (χ0v) is 16.1. The maximum atomic E-state index is 13.5. The second kappa shape index (κ2) is 8.78. The Hall–Kier alpha value is -2.02. The fourth-order valence-electron chi connectivity index (χ4n) is 2.55. The number of aromatic nitrogens is 2. The molecule has 3 rings (SSSR count). The van der Waals surface area contributed by atoms with Gasteiger partial charge in [-0.1, -0.05) is 0 Å². The van der Waals surface area contributed by atoms with Gasteiger partial charge in [0.2, 0.25) is 5.88 Å². The van der Waals surface area contributed by atoms with Crippen molar-refractivity contribution in [2.45, 2.75) is 30.6 Å². The number of aliphatic hydroxyl groups excluding tert-OH is 2. The quantitative estimate of drug-likeness (QED) is 0.631. The smallest absolute Gasteiger partial charge is 0.435 e. The van der Waals surface area contributed by atoms with Crippen molar-refractivity contribution in [1.29, 1.82) is 0 Å². The van der Waals surface area contributed by atoms with E-state index in [0.29, 0.717) is 6.20 Å².